The third-order valence-electron chi connectivity index (χ3n) is 5.18. The van der Waals surface area contributed by atoms with E-state index in [-0.39, 0.29) is 0 Å². The van der Waals surface area contributed by atoms with Crippen molar-refractivity contribution in [3.05, 3.63) is 18.2 Å². The van der Waals surface area contributed by atoms with Gasteiger partial charge in [-0.25, -0.2) is 0 Å². The molecular formula is C17H22N4S2. The van der Waals surface area contributed by atoms with E-state index in [0.29, 0.717) is 16.9 Å². The number of anilines is 1. The normalized spacial score (nSPS) is 29.0. The Kier molecular flexibility index (Phi) is 3.39. The van der Waals surface area contributed by atoms with Crippen LogP contribution in [0.1, 0.15) is 40.0 Å². The zero-order chi connectivity index (χ0) is 16.2. The Morgan fingerprint density at radius 3 is 2.87 bits per heavy atom. The average molecular weight is 347 g/mol. The molecule has 0 spiro atoms. The van der Waals surface area contributed by atoms with Gasteiger partial charge in [-0.1, -0.05) is 20.8 Å². The Balaban J connectivity index is 1.53. The highest BCUT2D eigenvalue weighted by Gasteiger charge is 2.50. The van der Waals surface area contributed by atoms with Crippen molar-refractivity contribution in [2.75, 3.05) is 11.9 Å². The van der Waals surface area contributed by atoms with E-state index in [1.165, 1.54) is 31.0 Å². The van der Waals surface area contributed by atoms with Gasteiger partial charge in [0.25, 0.3) is 0 Å². The third-order valence-corrected chi connectivity index (χ3v) is 6.07. The van der Waals surface area contributed by atoms with E-state index >= 15 is 0 Å². The molecule has 2 bridgehead atoms. The maximum absolute atomic E-state index is 5.73. The number of hydrogen-bond donors (Lipinski definition) is 1. The van der Waals surface area contributed by atoms with Crippen LogP contribution in [-0.2, 0) is 0 Å². The SMILES string of the molecule is CC1(C)C[C@@H]2C[C@@](C)(CN2C(=S)Nc2ccc3nsnc3c2)C1. The zero-order valence-electron chi connectivity index (χ0n) is 13.8. The van der Waals surface area contributed by atoms with Crippen LogP contribution in [-0.4, -0.2) is 31.3 Å². The van der Waals surface area contributed by atoms with E-state index in [2.05, 4.69) is 39.7 Å². The summed E-state index contributed by atoms with van der Waals surface area (Å²) in [6.07, 6.45) is 3.76. The van der Waals surface area contributed by atoms with Crippen LogP contribution in [0, 0.1) is 10.8 Å². The van der Waals surface area contributed by atoms with E-state index in [1.54, 1.807) is 0 Å². The summed E-state index contributed by atoms with van der Waals surface area (Å²) >= 11 is 6.97. The lowest BCUT2D eigenvalue weighted by Gasteiger charge is -2.39. The van der Waals surface area contributed by atoms with Crippen LogP contribution in [0.3, 0.4) is 0 Å². The molecule has 1 saturated heterocycles. The van der Waals surface area contributed by atoms with Crippen molar-refractivity contribution < 1.29 is 0 Å². The van der Waals surface area contributed by atoms with Gasteiger partial charge in [-0.3, -0.25) is 0 Å². The summed E-state index contributed by atoms with van der Waals surface area (Å²) in [5.41, 5.74) is 3.67. The Labute approximate surface area is 146 Å². The highest BCUT2D eigenvalue weighted by Crippen LogP contribution is 2.52. The second-order valence-electron chi connectivity index (χ2n) is 8.24. The van der Waals surface area contributed by atoms with Crippen molar-refractivity contribution in [1.29, 1.82) is 0 Å². The molecule has 1 aromatic carbocycles. The first-order chi connectivity index (χ1) is 10.8. The minimum absolute atomic E-state index is 0.390. The summed E-state index contributed by atoms with van der Waals surface area (Å²) in [5, 5.41) is 4.26. The summed E-state index contributed by atoms with van der Waals surface area (Å²) < 4.78 is 8.55. The monoisotopic (exact) mass is 346 g/mol. The number of aromatic nitrogens is 2. The first-order valence-electron chi connectivity index (χ1n) is 8.14. The quantitative estimate of drug-likeness (QED) is 0.780. The molecule has 4 nitrogen and oxygen atoms in total. The number of fused-ring (bicyclic) bond motifs is 3. The Morgan fingerprint density at radius 1 is 1.26 bits per heavy atom. The molecule has 1 N–H and O–H groups in total. The van der Waals surface area contributed by atoms with Crippen molar-refractivity contribution in [3.8, 4) is 0 Å². The van der Waals surface area contributed by atoms with E-state index in [9.17, 15) is 0 Å². The molecule has 6 heteroatoms. The molecule has 0 amide bonds. The lowest BCUT2D eigenvalue weighted by molar-refractivity contribution is 0.132. The molecule has 2 heterocycles. The fourth-order valence-corrected chi connectivity index (χ4v) is 5.60. The van der Waals surface area contributed by atoms with E-state index in [4.69, 9.17) is 12.2 Å². The second kappa shape index (κ2) is 5.11. The molecule has 0 radical (unpaired) electrons. The van der Waals surface area contributed by atoms with Gasteiger partial charge in [0.1, 0.15) is 11.0 Å². The van der Waals surface area contributed by atoms with Crippen molar-refractivity contribution in [2.45, 2.75) is 46.1 Å². The van der Waals surface area contributed by atoms with Crippen molar-refractivity contribution in [2.24, 2.45) is 10.8 Å². The number of benzene rings is 1. The van der Waals surface area contributed by atoms with Crippen molar-refractivity contribution in [1.82, 2.24) is 13.6 Å². The summed E-state index contributed by atoms with van der Waals surface area (Å²) in [4.78, 5) is 2.41. The lowest BCUT2D eigenvalue weighted by Crippen LogP contribution is -2.39. The van der Waals surface area contributed by atoms with E-state index in [0.717, 1.165) is 28.4 Å². The van der Waals surface area contributed by atoms with Crippen LogP contribution in [0.4, 0.5) is 5.69 Å². The van der Waals surface area contributed by atoms with E-state index in [1.807, 2.05) is 18.2 Å². The van der Waals surface area contributed by atoms with Gasteiger partial charge < -0.3 is 10.2 Å². The molecule has 1 aliphatic heterocycles. The molecule has 2 aromatic rings. The van der Waals surface area contributed by atoms with Gasteiger partial charge in [-0.05, 0) is 60.5 Å². The Hall–Kier alpha value is -1.27. The van der Waals surface area contributed by atoms with Gasteiger partial charge in [0.2, 0.25) is 0 Å². The van der Waals surface area contributed by atoms with Gasteiger partial charge in [0, 0.05) is 18.3 Å². The fraction of sp³-hybridized carbons (Fsp3) is 0.588. The molecule has 4 rings (SSSR count). The predicted octanol–water partition coefficient (Wildman–Crippen LogP) is 4.29. The van der Waals surface area contributed by atoms with Gasteiger partial charge in [0.05, 0.1) is 11.7 Å². The molecule has 2 atom stereocenters. The highest BCUT2D eigenvalue weighted by molar-refractivity contribution is 7.80. The van der Waals surface area contributed by atoms with Crippen molar-refractivity contribution in [3.63, 3.8) is 0 Å². The van der Waals surface area contributed by atoms with Crippen LogP contribution in [0.25, 0.3) is 11.0 Å². The average Bonchev–Trinajstić information content (AvgIpc) is 2.99. The van der Waals surface area contributed by atoms with Crippen molar-refractivity contribution >= 4 is 45.8 Å². The summed E-state index contributed by atoms with van der Waals surface area (Å²) in [6.45, 7) is 8.26. The molecule has 23 heavy (non-hydrogen) atoms. The van der Waals surface area contributed by atoms with Crippen LogP contribution < -0.4 is 5.32 Å². The zero-order valence-corrected chi connectivity index (χ0v) is 15.4. The minimum atomic E-state index is 0.390. The van der Waals surface area contributed by atoms with Crippen LogP contribution in [0.2, 0.25) is 0 Å². The van der Waals surface area contributed by atoms with Gasteiger partial charge >= 0.3 is 0 Å². The maximum atomic E-state index is 5.73. The third kappa shape index (κ3) is 2.83. The molecule has 122 valence electrons. The Bertz CT molecular complexity index is 769. The predicted molar refractivity (Wildman–Crippen MR) is 99.9 cm³/mol. The minimum Gasteiger partial charge on any atom is -0.345 e. The molecule has 0 unspecified atom stereocenters. The standard InChI is InChI=1S/C17H22N4S2/c1-16(2)7-12-8-17(3,9-16)10-21(12)15(22)18-11-4-5-13-14(6-11)20-23-19-13/h4-6,12H,7-10H2,1-3H3,(H,18,22)/t12-,17-/m1/s1. The molecule has 2 aliphatic rings. The fourth-order valence-electron chi connectivity index (χ4n) is 4.75. The van der Waals surface area contributed by atoms with Crippen LogP contribution >= 0.6 is 23.9 Å². The molecule has 1 aromatic heterocycles. The number of nitrogens with one attached hydrogen (secondary N) is 1. The topological polar surface area (TPSA) is 41.0 Å². The maximum Gasteiger partial charge on any atom is 0.173 e. The molecule has 1 saturated carbocycles. The summed E-state index contributed by atoms with van der Waals surface area (Å²) in [7, 11) is 0. The Morgan fingerprint density at radius 2 is 2.04 bits per heavy atom. The molecule has 1 aliphatic carbocycles. The van der Waals surface area contributed by atoms with Crippen LogP contribution in [0.5, 0.6) is 0 Å². The van der Waals surface area contributed by atoms with Gasteiger partial charge in [0.15, 0.2) is 5.11 Å². The largest absolute Gasteiger partial charge is 0.345 e. The highest BCUT2D eigenvalue weighted by atomic mass is 32.1. The number of rotatable bonds is 1. The van der Waals surface area contributed by atoms with Gasteiger partial charge in [-0.2, -0.15) is 8.75 Å². The summed E-state index contributed by atoms with van der Waals surface area (Å²) in [5.74, 6) is 0. The first kappa shape index (κ1) is 15.3. The first-order valence-corrected chi connectivity index (χ1v) is 9.28. The molecular weight excluding hydrogens is 324 g/mol. The number of nitrogens with zero attached hydrogens (tertiary/aromatic N) is 3. The summed E-state index contributed by atoms with van der Waals surface area (Å²) in [6, 6.07) is 6.62. The smallest absolute Gasteiger partial charge is 0.173 e. The van der Waals surface area contributed by atoms with Crippen LogP contribution in [0.15, 0.2) is 18.2 Å². The number of hydrogen-bond acceptors (Lipinski definition) is 4. The number of likely N-dealkylation sites (tertiary alicyclic amines) is 1. The number of thiocarbonyl (C=S) groups is 1. The molecule has 2 fully saturated rings. The lowest BCUT2D eigenvalue weighted by atomic mass is 9.65. The van der Waals surface area contributed by atoms with E-state index < -0.39 is 0 Å². The van der Waals surface area contributed by atoms with Gasteiger partial charge in [-0.15, -0.1) is 0 Å². The second-order valence-corrected chi connectivity index (χ2v) is 9.15.